The highest BCUT2D eigenvalue weighted by atomic mass is 16.5. The first-order chi connectivity index (χ1) is 6.83. The second-order valence-electron chi connectivity index (χ2n) is 3.10. The molecule has 0 saturated carbocycles. The number of methoxy groups -OCH3 is 1. The number of rotatable bonds is 2. The van der Waals surface area contributed by atoms with Crippen LogP contribution in [0.1, 0.15) is 5.56 Å². The highest BCUT2D eigenvalue weighted by molar-refractivity contribution is 5.64. The van der Waals surface area contributed by atoms with Gasteiger partial charge in [-0.05, 0) is 12.5 Å². The second-order valence-corrected chi connectivity index (χ2v) is 3.10. The molecule has 0 aliphatic carbocycles. The third-order valence-electron chi connectivity index (χ3n) is 2.22. The standard InChI is InChI=1S/C11H12N2O/c1-8-10(12-13-11(8)14-2)9-6-4-3-5-7-9/h3-7H,1-2H3,(H,12,13). The van der Waals surface area contributed by atoms with Crippen molar-refractivity contribution >= 4 is 0 Å². The van der Waals surface area contributed by atoms with Gasteiger partial charge in [0.2, 0.25) is 5.88 Å². The van der Waals surface area contributed by atoms with Crippen LogP contribution >= 0.6 is 0 Å². The molecule has 2 rings (SSSR count). The van der Waals surface area contributed by atoms with Crippen molar-refractivity contribution in [3.05, 3.63) is 35.9 Å². The monoisotopic (exact) mass is 188 g/mol. The van der Waals surface area contributed by atoms with Gasteiger partial charge in [0.1, 0.15) is 0 Å². The van der Waals surface area contributed by atoms with Crippen molar-refractivity contribution in [1.29, 1.82) is 0 Å². The summed E-state index contributed by atoms with van der Waals surface area (Å²) in [6.07, 6.45) is 0. The Kier molecular flexibility index (Phi) is 2.23. The van der Waals surface area contributed by atoms with Crippen LogP contribution in [0.15, 0.2) is 30.3 Å². The van der Waals surface area contributed by atoms with Gasteiger partial charge in [-0.2, -0.15) is 0 Å². The highest BCUT2D eigenvalue weighted by Crippen LogP contribution is 2.26. The van der Waals surface area contributed by atoms with E-state index in [1.165, 1.54) is 0 Å². The fraction of sp³-hybridized carbons (Fsp3) is 0.182. The van der Waals surface area contributed by atoms with E-state index in [0.29, 0.717) is 5.88 Å². The fourth-order valence-electron chi connectivity index (χ4n) is 1.47. The Labute approximate surface area is 82.7 Å². The fourth-order valence-corrected chi connectivity index (χ4v) is 1.47. The van der Waals surface area contributed by atoms with E-state index in [1.807, 2.05) is 37.3 Å². The normalized spacial score (nSPS) is 10.1. The Hall–Kier alpha value is -1.77. The lowest BCUT2D eigenvalue weighted by Gasteiger charge is -1.98. The van der Waals surface area contributed by atoms with Gasteiger partial charge < -0.3 is 4.74 Å². The molecule has 2 aromatic rings. The number of nitrogens with one attached hydrogen (secondary N) is 1. The summed E-state index contributed by atoms with van der Waals surface area (Å²) in [7, 11) is 1.62. The molecule has 0 saturated heterocycles. The average Bonchev–Trinajstić information content (AvgIpc) is 2.61. The Morgan fingerprint density at radius 2 is 1.93 bits per heavy atom. The largest absolute Gasteiger partial charge is 0.480 e. The van der Waals surface area contributed by atoms with E-state index in [9.17, 15) is 0 Å². The smallest absolute Gasteiger partial charge is 0.235 e. The maximum Gasteiger partial charge on any atom is 0.235 e. The molecule has 3 heteroatoms. The number of nitrogens with zero attached hydrogens (tertiary/aromatic N) is 1. The molecule has 0 unspecified atom stereocenters. The van der Waals surface area contributed by atoms with Crippen molar-refractivity contribution in [2.24, 2.45) is 0 Å². The van der Waals surface area contributed by atoms with Gasteiger partial charge >= 0.3 is 0 Å². The van der Waals surface area contributed by atoms with E-state index in [1.54, 1.807) is 7.11 Å². The van der Waals surface area contributed by atoms with Gasteiger partial charge in [0.15, 0.2) is 0 Å². The van der Waals surface area contributed by atoms with Crippen LogP contribution < -0.4 is 4.74 Å². The van der Waals surface area contributed by atoms with E-state index < -0.39 is 0 Å². The third kappa shape index (κ3) is 1.37. The molecule has 1 aromatic carbocycles. The van der Waals surface area contributed by atoms with Gasteiger partial charge in [0.25, 0.3) is 0 Å². The molecule has 1 aromatic heterocycles. The van der Waals surface area contributed by atoms with Crippen LogP contribution in [-0.2, 0) is 0 Å². The maximum atomic E-state index is 5.10. The average molecular weight is 188 g/mol. The van der Waals surface area contributed by atoms with Gasteiger partial charge in [0, 0.05) is 5.56 Å². The molecule has 0 radical (unpaired) electrons. The molecule has 0 aliphatic heterocycles. The van der Waals surface area contributed by atoms with Crippen LogP contribution in [0.4, 0.5) is 0 Å². The Bertz CT molecular complexity index is 420. The number of hydrogen-bond donors (Lipinski definition) is 1. The van der Waals surface area contributed by atoms with Crippen molar-refractivity contribution in [2.75, 3.05) is 7.11 Å². The van der Waals surface area contributed by atoms with Crippen molar-refractivity contribution in [1.82, 2.24) is 10.2 Å². The Balaban J connectivity index is 2.48. The van der Waals surface area contributed by atoms with E-state index >= 15 is 0 Å². The zero-order valence-electron chi connectivity index (χ0n) is 8.24. The molecule has 0 aliphatic rings. The topological polar surface area (TPSA) is 37.9 Å². The highest BCUT2D eigenvalue weighted by Gasteiger charge is 2.09. The maximum absolute atomic E-state index is 5.10. The predicted molar refractivity (Wildman–Crippen MR) is 55.3 cm³/mol. The minimum atomic E-state index is 0.656. The summed E-state index contributed by atoms with van der Waals surface area (Å²) in [5.41, 5.74) is 3.18. The zero-order valence-corrected chi connectivity index (χ0v) is 8.24. The molecule has 1 heterocycles. The van der Waals surface area contributed by atoms with E-state index in [-0.39, 0.29) is 0 Å². The molecule has 0 amide bonds. The summed E-state index contributed by atoms with van der Waals surface area (Å²) < 4.78 is 5.10. The molecular formula is C11H12N2O. The van der Waals surface area contributed by atoms with Crippen molar-refractivity contribution in [3.8, 4) is 17.1 Å². The predicted octanol–water partition coefficient (Wildman–Crippen LogP) is 2.39. The van der Waals surface area contributed by atoms with Gasteiger partial charge in [0.05, 0.1) is 12.8 Å². The number of aromatic amines is 1. The van der Waals surface area contributed by atoms with Crippen LogP contribution in [0.25, 0.3) is 11.3 Å². The Morgan fingerprint density at radius 3 is 2.50 bits per heavy atom. The number of aromatic nitrogens is 2. The van der Waals surface area contributed by atoms with Crippen LogP contribution in [0.3, 0.4) is 0 Å². The summed E-state index contributed by atoms with van der Waals surface area (Å²) in [4.78, 5) is 0. The molecule has 0 fully saturated rings. The first-order valence-corrected chi connectivity index (χ1v) is 4.47. The van der Waals surface area contributed by atoms with E-state index in [0.717, 1.165) is 16.8 Å². The molecule has 72 valence electrons. The summed E-state index contributed by atoms with van der Waals surface area (Å²) in [5, 5.41) is 7.03. The molecule has 0 spiro atoms. The van der Waals surface area contributed by atoms with Gasteiger partial charge in [-0.1, -0.05) is 30.3 Å². The molecule has 14 heavy (non-hydrogen) atoms. The van der Waals surface area contributed by atoms with Gasteiger partial charge in [-0.15, -0.1) is 5.10 Å². The molecular weight excluding hydrogens is 176 g/mol. The summed E-state index contributed by atoms with van der Waals surface area (Å²) in [5.74, 6) is 0.656. The number of ether oxygens (including phenoxy) is 1. The van der Waals surface area contributed by atoms with Crippen molar-refractivity contribution in [3.63, 3.8) is 0 Å². The summed E-state index contributed by atoms with van der Waals surface area (Å²) in [6.45, 7) is 1.99. The Morgan fingerprint density at radius 1 is 1.21 bits per heavy atom. The zero-order chi connectivity index (χ0) is 9.97. The molecule has 3 nitrogen and oxygen atoms in total. The second kappa shape index (κ2) is 3.54. The lowest BCUT2D eigenvalue weighted by molar-refractivity contribution is 0.394. The van der Waals surface area contributed by atoms with Crippen molar-refractivity contribution < 1.29 is 4.74 Å². The first-order valence-electron chi connectivity index (χ1n) is 4.47. The van der Waals surface area contributed by atoms with E-state index in [2.05, 4.69) is 10.2 Å². The number of H-pyrrole nitrogens is 1. The molecule has 1 N–H and O–H groups in total. The minimum Gasteiger partial charge on any atom is -0.480 e. The SMILES string of the molecule is COc1n[nH]c(-c2ccccc2)c1C. The van der Waals surface area contributed by atoms with Crippen LogP contribution in [-0.4, -0.2) is 17.3 Å². The van der Waals surface area contributed by atoms with Crippen LogP contribution in [0, 0.1) is 6.92 Å². The summed E-state index contributed by atoms with van der Waals surface area (Å²) in [6, 6.07) is 10.1. The third-order valence-corrected chi connectivity index (χ3v) is 2.22. The van der Waals surface area contributed by atoms with Crippen LogP contribution in [0.2, 0.25) is 0 Å². The van der Waals surface area contributed by atoms with Gasteiger partial charge in [-0.25, -0.2) is 0 Å². The first kappa shape index (κ1) is 8.81. The lowest BCUT2D eigenvalue weighted by atomic mass is 10.1. The van der Waals surface area contributed by atoms with Crippen LogP contribution in [0.5, 0.6) is 5.88 Å². The lowest BCUT2D eigenvalue weighted by Crippen LogP contribution is -1.84. The minimum absolute atomic E-state index is 0.656. The summed E-state index contributed by atoms with van der Waals surface area (Å²) >= 11 is 0. The van der Waals surface area contributed by atoms with Gasteiger partial charge in [-0.3, -0.25) is 5.10 Å². The van der Waals surface area contributed by atoms with E-state index in [4.69, 9.17) is 4.74 Å². The van der Waals surface area contributed by atoms with Crippen molar-refractivity contribution in [2.45, 2.75) is 6.92 Å². The number of hydrogen-bond acceptors (Lipinski definition) is 2. The number of benzene rings is 1. The quantitative estimate of drug-likeness (QED) is 0.785. The molecule has 0 bridgehead atoms. The molecule has 0 atom stereocenters.